The lowest BCUT2D eigenvalue weighted by molar-refractivity contribution is -0.139. The molecule has 2 aliphatic rings. The molecule has 2 saturated heterocycles. The Labute approximate surface area is 137 Å². The molecule has 0 radical (unpaired) electrons. The van der Waals surface area contributed by atoms with Gasteiger partial charge in [0.15, 0.2) is 0 Å². The molecule has 2 amide bonds. The summed E-state index contributed by atoms with van der Waals surface area (Å²) in [6.45, 7) is 2.60. The Morgan fingerprint density at radius 1 is 1.09 bits per heavy atom. The van der Waals surface area contributed by atoms with Crippen molar-refractivity contribution in [3.63, 3.8) is 0 Å². The van der Waals surface area contributed by atoms with Crippen molar-refractivity contribution in [2.75, 3.05) is 26.2 Å². The van der Waals surface area contributed by atoms with Gasteiger partial charge < -0.3 is 10.6 Å². The van der Waals surface area contributed by atoms with Crippen molar-refractivity contribution in [3.8, 4) is 0 Å². The molecule has 5 heteroatoms. The summed E-state index contributed by atoms with van der Waals surface area (Å²) in [5.41, 5.74) is 6.51. The third kappa shape index (κ3) is 3.72. The van der Waals surface area contributed by atoms with E-state index in [-0.39, 0.29) is 30.3 Å². The SMILES string of the molecule is NC(=O)CN1CCCC(C(=O)N2CCCC2c2ccccc2)C1. The quantitative estimate of drug-likeness (QED) is 0.916. The third-order valence-electron chi connectivity index (χ3n) is 4.95. The summed E-state index contributed by atoms with van der Waals surface area (Å²) < 4.78 is 0. The van der Waals surface area contributed by atoms with Crippen LogP contribution in [0, 0.1) is 5.92 Å². The van der Waals surface area contributed by atoms with Gasteiger partial charge in [-0.3, -0.25) is 14.5 Å². The van der Waals surface area contributed by atoms with Gasteiger partial charge in [-0.05, 0) is 37.8 Å². The Hall–Kier alpha value is -1.88. The van der Waals surface area contributed by atoms with E-state index in [0.717, 1.165) is 38.8 Å². The third-order valence-corrected chi connectivity index (χ3v) is 4.95. The molecule has 2 heterocycles. The largest absolute Gasteiger partial charge is 0.369 e. The summed E-state index contributed by atoms with van der Waals surface area (Å²) in [7, 11) is 0. The summed E-state index contributed by atoms with van der Waals surface area (Å²) in [6, 6.07) is 10.5. The van der Waals surface area contributed by atoms with Gasteiger partial charge in [-0.15, -0.1) is 0 Å². The zero-order valence-electron chi connectivity index (χ0n) is 13.5. The summed E-state index contributed by atoms with van der Waals surface area (Å²) in [5.74, 6) is -0.0839. The highest BCUT2D eigenvalue weighted by molar-refractivity contribution is 5.80. The number of hydrogen-bond acceptors (Lipinski definition) is 3. The van der Waals surface area contributed by atoms with E-state index >= 15 is 0 Å². The number of primary amides is 1. The highest BCUT2D eigenvalue weighted by Crippen LogP contribution is 2.34. The smallest absolute Gasteiger partial charge is 0.231 e. The molecule has 0 saturated carbocycles. The zero-order chi connectivity index (χ0) is 16.2. The topological polar surface area (TPSA) is 66.6 Å². The summed E-state index contributed by atoms with van der Waals surface area (Å²) in [5, 5.41) is 0. The van der Waals surface area contributed by atoms with Gasteiger partial charge in [0, 0.05) is 13.1 Å². The van der Waals surface area contributed by atoms with E-state index < -0.39 is 0 Å². The number of likely N-dealkylation sites (tertiary alicyclic amines) is 2. The number of nitrogens with two attached hydrogens (primary N) is 1. The average molecular weight is 315 g/mol. The fourth-order valence-corrected chi connectivity index (χ4v) is 3.91. The van der Waals surface area contributed by atoms with E-state index in [2.05, 4.69) is 12.1 Å². The van der Waals surface area contributed by atoms with Crippen molar-refractivity contribution in [1.82, 2.24) is 9.80 Å². The molecule has 2 fully saturated rings. The number of rotatable bonds is 4. The van der Waals surface area contributed by atoms with Crippen LogP contribution in [0.2, 0.25) is 0 Å². The van der Waals surface area contributed by atoms with E-state index in [4.69, 9.17) is 5.73 Å². The van der Waals surface area contributed by atoms with Crippen LogP contribution in [0.5, 0.6) is 0 Å². The van der Waals surface area contributed by atoms with Crippen molar-refractivity contribution in [3.05, 3.63) is 35.9 Å². The molecule has 124 valence electrons. The number of amides is 2. The maximum absolute atomic E-state index is 13.0. The lowest BCUT2D eigenvalue weighted by atomic mass is 9.95. The Balaban J connectivity index is 1.68. The molecular weight excluding hydrogens is 290 g/mol. The monoisotopic (exact) mass is 315 g/mol. The molecular formula is C18H25N3O2. The second kappa shape index (κ2) is 7.13. The van der Waals surface area contributed by atoms with Gasteiger partial charge in [0.25, 0.3) is 0 Å². The van der Waals surface area contributed by atoms with Crippen LogP contribution >= 0.6 is 0 Å². The molecule has 1 aromatic rings. The number of carbonyl (C=O) groups excluding carboxylic acids is 2. The molecule has 2 atom stereocenters. The first kappa shape index (κ1) is 16.0. The van der Waals surface area contributed by atoms with E-state index in [9.17, 15) is 9.59 Å². The molecule has 0 bridgehead atoms. The maximum Gasteiger partial charge on any atom is 0.231 e. The highest BCUT2D eigenvalue weighted by Gasteiger charge is 2.35. The summed E-state index contributed by atoms with van der Waals surface area (Å²) in [6.07, 6.45) is 3.95. The minimum absolute atomic E-state index is 0.00703. The van der Waals surface area contributed by atoms with Crippen LogP contribution < -0.4 is 5.73 Å². The van der Waals surface area contributed by atoms with Crippen LogP contribution in [0.25, 0.3) is 0 Å². The first-order valence-corrected chi connectivity index (χ1v) is 8.51. The van der Waals surface area contributed by atoms with Gasteiger partial charge in [0.05, 0.1) is 18.5 Å². The molecule has 1 aromatic carbocycles. The summed E-state index contributed by atoms with van der Waals surface area (Å²) >= 11 is 0. The van der Waals surface area contributed by atoms with Crippen LogP contribution in [0.3, 0.4) is 0 Å². The first-order valence-electron chi connectivity index (χ1n) is 8.51. The van der Waals surface area contributed by atoms with Gasteiger partial charge in [-0.2, -0.15) is 0 Å². The van der Waals surface area contributed by atoms with Crippen molar-refractivity contribution in [1.29, 1.82) is 0 Å². The Morgan fingerprint density at radius 2 is 1.83 bits per heavy atom. The second-order valence-corrected chi connectivity index (χ2v) is 6.64. The van der Waals surface area contributed by atoms with Crippen molar-refractivity contribution in [2.45, 2.75) is 31.7 Å². The maximum atomic E-state index is 13.0. The number of carbonyl (C=O) groups is 2. The fourth-order valence-electron chi connectivity index (χ4n) is 3.91. The number of piperidine rings is 1. The Kier molecular flexibility index (Phi) is 4.96. The normalized spacial score (nSPS) is 25.5. The van der Waals surface area contributed by atoms with Crippen LogP contribution in [0.1, 0.15) is 37.3 Å². The zero-order valence-corrected chi connectivity index (χ0v) is 13.5. The second-order valence-electron chi connectivity index (χ2n) is 6.64. The molecule has 5 nitrogen and oxygen atoms in total. The fraction of sp³-hybridized carbons (Fsp3) is 0.556. The molecule has 0 aliphatic carbocycles. The lowest BCUT2D eigenvalue weighted by Crippen LogP contribution is -2.46. The molecule has 0 spiro atoms. The Bertz CT molecular complexity index is 561. The average Bonchev–Trinajstić information content (AvgIpc) is 3.04. The minimum atomic E-state index is -0.318. The van der Waals surface area contributed by atoms with E-state index in [1.807, 2.05) is 28.0 Å². The van der Waals surface area contributed by atoms with Gasteiger partial charge in [-0.25, -0.2) is 0 Å². The predicted octanol–water partition coefficient (Wildman–Crippen LogP) is 1.55. The van der Waals surface area contributed by atoms with Gasteiger partial charge >= 0.3 is 0 Å². The predicted molar refractivity (Wildman–Crippen MR) is 88.5 cm³/mol. The molecule has 2 N–H and O–H groups in total. The highest BCUT2D eigenvalue weighted by atomic mass is 16.2. The van der Waals surface area contributed by atoms with Crippen molar-refractivity contribution < 1.29 is 9.59 Å². The molecule has 23 heavy (non-hydrogen) atoms. The lowest BCUT2D eigenvalue weighted by Gasteiger charge is -2.35. The molecule has 0 aromatic heterocycles. The van der Waals surface area contributed by atoms with Gasteiger partial charge in [-0.1, -0.05) is 30.3 Å². The van der Waals surface area contributed by atoms with E-state index in [1.54, 1.807) is 0 Å². The molecule has 3 rings (SSSR count). The van der Waals surface area contributed by atoms with Gasteiger partial charge in [0.2, 0.25) is 11.8 Å². The number of nitrogens with zero attached hydrogens (tertiary/aromatic N) is 2. The minimum Gasteiger partial charge on any atom is -0.369 e. The van der Waals surface area contributed by atoms with Crippen LogP contribution in [0.4, 0.5) is 0 Å². The van der Waals surface area contributed by atoms with Crippen LogP contribution in [0.15, 0.2) is 30.3 Å². The molecule has 2 aliphatic heterocycles. The van der Waals surface area contributed by atoms with Crippen LogP contribution in [-0.4, -0.2) is 47.8 Å². The summed E-state index contributed by atoms with van der Waals surface area (Å²) in [4.78, 5) is 28.2. The Morgan fingerprint density at radius 3 is 2.57 bits per heavy atom. The van der Waals surface area contributed by atoms with Crippen LogP contribution in [-0.2, 0) is 9.59 Å². The van der Waals surface area contributed by atoms with Gasteiger partial charge in [0.1, 0.15) is 0 Å². The number of hydrogen-bond donors (Lipinski definition) is 1. The van der Waals surface area contributed by atoms with E-state index in [0.29, 0.717) is 6.54 Å². The standard InChI is InChI=1S/C18H25N3O2/c19-17(22)13-20-10-4-8-15(12-20)18(23)21-11-5-9-16(21)14-6-2-1-3-7-14/h1-3,6-7,15-16H,4-5,8-13H2,(H2,19,22). The number of benzene rings is 1. The first-order chi connectivity index (χ1) is 11.1. The molecule has 2 unspecified atom stereocenters. The van der Waals surface area contributed by atoms with Crippen molar-refractivity contribution in [2.24, 2.45) is 11.7 Å². The van der Waals surface area contributed by atoms with Crippen molar-refractivity contribution >= 4 is 11.8 Å². The van der Waals surface area contributed by atoms with E-state index in [1.165, 1.54) is 5.56 Å².